The van der Waals surface area contributed by atoms with Gasteiger partial charge in [0.2, 0.25) is 5.95 Å². The van der Waals surface area contributed by atoms with Crippen LogP contribution in [-0.2, 0) is 13.0 Å². The molecule has 1 saturated heterocycles. The summed E-state index contributed by atoms with van der Waals surface area (Å²) in [5.74, 6) is 1.81. The SMILES string of the molecule is COc1ccc(CCN2CCC(Nc3nc4ccccc4n3Cc3cnccn3)C2)cc1. The first-order valence-corrected chi connectivity index (χ1v) is 11.1. The average Bonchev–Trinajstić information content (AvgIpc) is 3.43. The van der Waals surface area contributed by atoms with Crippen LogP contribution in [-0.4, -0.2) is 57.2 Å². The van der Waals surface area contributed by atoms with Gasteiger partial charge in [0.15, 0.2) is 0 Å². The number of rotatable bonds is 8. The Bertz CT molecular complexity index is 1160. The van der Waals surface area contributed by atoms with Gasteiger partial charge in [-0.1, -0.05) is 24.3 Å². The van der Waals surface area contributed by atoms with E-state index in [1.807, 2.05) is 24.4 Å². The molecule has 5 rings (SSSR count). The first kappa shape index (κ1) is 20.5. The number of ether oxygens (including phenoxy) is 1. The Hall–Kier alpha value is -3.45. The van der Waals surface area contributed by atoms with Crippen LogP contribution in [0.1, 0.15) is 17.7 Å². The molecule has 2 aromatic heterocycles. The number of likely N-dealkylation sites (tertiary alicyclic amines) is 1. The van der Waals surface area contributed by atoms with Crippen LogP contribution in [0, 0.1) is 0 Å². The molecule has 1 atom stereocenters. The Morgan fingerprint density at radius 1 is 1.09 bits per heavy atom. The van der Waals surface area contributed by atoms with E-state index in [9.17, 15) is 0 Å². The first-order chi connectivity index (χ1) is 15.8. The summed E-state index contributed by atoms with van der Waals surface area (Å²) in [6, 6.07) is 17.0. The molecule has 0 spiro atoms. The van der Waals surface area contributed by atoms with E-state index in [1.165, 1.54) is 5.56 Å². The number of nitrogens with one attached hydrogen (secondary N) is 1. The number of methoxy groups -OCH3 is 1. The lowest BCUT2D eigenvalue weighted by molar-refractivity contribution is 0.340. The first-order valence-electron chi connectivity index (χ1n) is 11.1. The largest absolute Gasteiger partial charge is 0.497 e. The van der Waals surface area contributed by atoms with Crippen LogP contribution in [0.4, 0.5) is 5.95 Å². The van der Waals surface area contributed by atoms with Gasteiger partial charge in [-0.3, -0.25) is 9.97 Å². The summed E-state index contributed by atoms with van der Waals surface area (Å²) < 4.78 is 7.46. The fourth-order valence-corrected chi connectivity index (χ4v) is 4.33. The molecular formula is C25H28N6O. The second-order valence-electron chi connectivity index (χ2n) is 8.24. The van der Waals surface area contributed by atoms with Crippen molar-refractivity contribution in [1.82, 2.24) is 24.4 Å². The van der Waals surface area contributed by atoms with Crippen molar-refractivity contribution in [3.05, 3.63) is 78.4 Å². The van der Waals surface area contributed by atoms with E-state index in [1.54, 1.807) is 19.5 Å². The van der Waals surface area contributed by atoms with Crippen LogP contribution in [0.15, 0.2) is 67.1 Å². The van der Waals surface area contributed by atoms with Crippen molar-refractivity contribution in [3.8, 4) is 5.75 Å². The molecule has 1 unspecified atom stereocenters. The van der Waals surface area contributed by atoms with Crippen molar-refractivity contribution in [3.63, 3.8) is 0 Å². The lowest BCUT2D eigenvalue weighted by Crippen LogP contribution is -2.28. The third-order valence-corrected chi connectivity index (χ3v) is 6.07. The fourth-order valence-electron chi connectivity index (χ4n) is 4.33. The Balaban J connectivity index is 1.25. The molecule has 1 fully saturated rings. The zero-order valence-corrected chi connectivity index (χ0v) is 18.3. The third-order valence-electron chi connectivity index (χ3n) is 6.07. The molecule has 0 aliphatic carbocycles. The van der Waals surface area contributed by atoms with Gasteiger partial charge < -0.3 is 19.5 Å². The minimum absolute atomic E-state index is 0.378. The smallest absolute Gasteiger partial charge is 0.204 e. The van der Waals surface area contributed by atoms with Gasteiger partial charge in [0.25, 0.3) is 0 Å². The van der Waals surface area contributed by atoms with Gasteiger partial charge in [-0.05, 0) is 42.7 Å². The molecule has 4 aromatic rings. The number of imidazole rings is 1. The topological polar surface area (TPSA) is 68.1 Å². The highest BCUT2D eigenvalue weighted by Gasteiger charge is 2.24. The Morgan fingerprint density at radius 2 is 1.97 bits per heavy atom. The fraction of sp³-hybridized carbons (Fsp3) is 0.320. The highest BCUT2D eigenvalue weighted by molar-refractivity contribution is 5.78. The van der Waals surface area contributed by atoms with E-state index < -0.39 is 0 Å². The van der Waals surface area contributed by atoms with E-state index in [0.29, 0.717) is 12.6 Å². The number of aromatic nitrogens is 4. The van der Waals surface area contributed by atoms with Gasteiger partial charge in [-0.25, -0.2) is 4.98 Å². The van der Waals surface area contributed by atoms with E-state index in [-0.39, 0.29) is 0 Å². The maximum absolute atomic E-state index is 5.25. The molecular weight excluding hydrogens is 400 g/mol. The van der Waals surface area contributed by atoms with Crippen LogP contribution < -0.4 is 10.1 Å². The van der Waals surface area contributed by atoms with Crippen LogP contribution in [0.25, 0.3) is 11.0 Å². The number of nitrogens with zero attached hydrogens (tertiary/aromatic N) is 5. The van der Waals surface area contributed by atoms with E-state index >= 15 is 0 Å². The summed E-state index contributed by atoms with van der Waals surface area (Å²) in [4.78, 5) is 16.1. The lowest BCUT2D eigenvalue weighted by atomic mass is 10.1. The Kier molecular flexibility index (Phi) is 5.98. The summed E-state index contributed by atoms with van der Waals surface area (Å²) >= 11 is 0. The zero-order valence-electron chi connectivity index (χ0n) is 18.3. The quantitative estimate of drug-likeness (QED) is 0.462. The van der Waals surface area contributed by atoms with Crippen molar-refractivity contribution < 1.29 is 4.74 Å². The highest BCUT2D eigenvalue weighted by atomic mass is 16.5. The standard InChI is InChI=1S/C25H28N6O/c1-32-22-8-6-19(7-9-22)10-14-30-15-11-20(17-30)28-25-29-23-4-2-3-5-24(23)31(25)18-21-16-26-12-13-27-21/h2-9,12-13,16,20H,10-11,14-15,17-18H2,1H3,(H,28,29). The summed E-state index contributed by atoms with van der Waals surface area (Å²) in [6.07, 6.45) is 7.40. The van der Waals surface area contributed by atoms with Gasteiger partial charge in [0, 0.05) is 38.1 Å². The zero-order chi connectivity index (χ0) is 21.8. The van der Waals surface area contributed by atoms with Gasteiger partial charge in [0.05, 0.1) is 36.6 Å². The third kappa shape index (κ3) is 4.57. The van der Waals surface area contributed by atoms with Crippen LogP contribution >= 0.6 is 0 Å². The second-order valence-corrected chi connectivity index (χ2v) is 8.24. The van der Waals surface area contributed by atoms with E-state index in [2.05, 4.69) is 55.1 Å². The molecule has 1 aliphatic rings. The van der Waals surface area contributed by atoms with Crippen molar-refractivity contribution in [1.29, 1.82) is 0 Å². The summed E-state index contributed by atoms with van der Waals surface area (Å²) in [6.45, 7) is 3.81. The monoisotopic (exact) mass is 428 g/mol. The summed E-state index contributed by atoms with van der Waals surface area (Å²) in [7, 11) is 1.70. The number of fused-ring (bicyclic) bond motifs is 1. The van der Waals surface area contributed by atoms with Gasteiger partial charge in [-0.2, -0.15) is 0 Å². The Labute approximate surface area is 188 Å². The van der Waals surface area contributed by atoms with Crippen molar-refractivity contribution in [2.24, 2.45) is 0 Å². The molecule has 3 heterocycles. The van der Waals surface area contributed by atoms with Gasteiger partial charge in [-0.15, -0.1) is 0 Å². The van der Waals surface area contributed by atoms with Crippen molar-refractivity contribution in [2.75, 3.05) is 32.1 Å². The molecule has 0 saturated carbocycles. The van der Waals surface area contributed by atoms with Gasteiger partial charge >= 0.3 is 0 Å². The molecule has 0 amide bonds. The minimum Gasteiger partial charge on any atom is -0.497 e. The molecule has 0 bridgehead atoms. The number of hydrogen-bond donors (Lipinski definition) is 1. The normalized spacial score (nSPS) is 16.5. The molecule has 1 aliphatic heterocycles. The minimum atomic E-state index is 0.378. The molecule has 0 radical (unpaired) electrons. The second kappa shape index (κ2) is 9.36. The lowest BCUT2D eigenvalue weighted by Gasteiger charge is -2.18. The van der Waals surface area contributed by atoms with Gasteiger partial charge in [0.1, 0.15) is 5.75 Å². The number of para-hydroxylation sites is 2. The molecule has 1 N–H and O–H groups in total. The number of anilines is 1. The van der Waals surface area contributed by atoms with Crippen LogP contribution in [0.5, 0.6) is 5.75 Å². The summed E-state index contributed by atoms with van der Waals surface area (Å²) in [5, 5.41) is 3.71. The molecule has 7 heteroatoms. The Morgan fingerprint density at radius 3 is 2.78 bits per heavy atom. The maximum atomic E-state index is 5.25. The maximum Gasteiger partial charge on any atom is 0.204 e. The molecule has 7 nitrogen and oxygen atoms in total. The number of benzene rings is 2. The predicted molar refractivity (Wildman–Crippen MR) is 126 cm³/mol. The average molecular weight is 429 g/mol. The summed E-state index contributed by atoms with van der Waals surface area (Å²) in [5.41, 5.74) is 4.36. The van der Waals surface area contributed by atoms with Crippen molar-refractivity contribution in [2.45, 2.75) is 25.4 Å². The molecule has 2 aromatic carbocycles. The van der Waals surface area contributed by atoms with Crippen LogP contribution in [0.3, 0.4) is 0 Å². The van der Waals surface area contributed by atoms with E-state index in [4.69, 9.17) is 9.72 Å². The highest BCUT2D eigenvalue weighted by Crippen LogP contribution is 2.23. The van der Waals surface area contributed by atoms with Crippen molar-refractivity contribution >= 4 is 17.0 Å². The number of hydrogen-bond acceptors (Lipinski definition) is 6. The van der Waals surface area contributed by atoms with Crippen LogP contribution in [0.2, 0.25) is 0 Å². The molecule has 32 heavy (non-hydrogen) atoms. The van der Waals surface area contributed by atoms with E-state index in [0.717, 1.165) is 60.9 Å². The predicted octanol–water partition coefficient (Wildman–Crippen LogP) is 3.61. The molecule has 164 valence electrons.